The Hall–Kier alpha value is -0.610. The summed E-state index contributed by atoms with van der Waals surface area (Å²) in [5, 5.41) is 0. The lowest BCUT2D eigenvalue weighted by Gasteiger charge is -2.40. The monoisotopic (exact) mass is 323 g/mol. The highest BCUT2D eigenvalue weighted by Crippen LogP contribution is 2.22. The maximum absolute atomic E-state index is 12.8. The van der Waals surface area contributed by atoms with Crippen LogP contribution in [-0.2, 0) is 4.79 Å². The van der Waals surface area contributed by atoms with E-state index in [1.165, 1.54) is 82.4 Å². The number of amides is 1. The average molecular weight is 324 g/mol. The van der Waals surface area contributed by atoms with Gasteiger partial charge in [-0.15, -0.1) is 0 Å². The van der Waals surface area contributed by atoms with Crippen molar-refractivity contribution in [1.29, 1.82) is 0 Å². The van der Waals surface area contributed by atoms with Gasteiger partial charge in [0.2, 0.25) is 0 Å². The molecule has 3 heterocycles. The van der Waals surface area contributed by atoms with Crippen molar-refractivity contribution in [3.63, 3.8) is 0 Å². The molecule has 0 unspecified atom stereocenters. The molecule has 0 aromatic heterocycles. The van der Waals surface area contributed by atoms with E-state index in [0.717, 1.165) is 12.6 Å². The van der Waals surface area contributed by atoms with Crippen LogP contribution in [-0.4, -0.2) is 61.7 Å². The minimum absolute atomic E-state index is 0.406. The number of hydrogen-bond acceptors (Lipinski definition) is 1. The van der Waals surface area contributed by atoms with Crippen LogP contribution < -0.4 is 9.80 Å². The molecule has 3 aliphatic rings. The highest BCUT2D eigenvalue weighted by Gasteiger charge is 2.34. The van der Waals surface area contributed by atoms with Crippen LogP contribution in [0.3, 0.4) is 0 Å². The van der Waals surface area contributed by atoms with E-state index in [9.17, 15) is 4.79 Å². The number of piperidine rings is 3. The molecule has 0 aromatic rings. The normalized spacial score (nSPS) is 36.9. The zero-order valence-electron chi connectivity index (χ0n) is 15.3. The first-order chi connectivity index (χ1) is 11.1. The fraction of sp³-hybridized carbons (Fsp3) is 0.947. The Morgan fingerprint density at radius 3 is 2.09 bits per heavy atom. The fourth-order valence-electron chi connectivity index (χ4n) is 5.24. The fourth-order valence-corrected chi connectivity index (χ4v) is 5.24. The molecule has 23 heavy (non-hydrogen) atoms. The molecule has 3 rings (SSSR count). The highest BCUT2D eigenvalue weighted by atomic mass is 16.2. The summed E-state index contributed by atoms with van der Waals surface area (Å²) < 4.78 is 0. The molecule has 3 aliphatic heterocycles. The summed E-state index contributed by atoms with van der Waals surface area (Å²) in [6, 6.07) is 1.77. The van der Waals surface area contributed by atoms with Gasteiger partial charge in [-0.3, -0.25) is 4.79 Å². The van der Waals surface area contributed by atoms with Gasteiger partial charge < -0.3 is 14.7 Å². The first kappa shape index (κ1) is 17.2. The Bertz CT molecular complexity index is 376. The second-order valence-corrected chi connectivity index (χ2v) is 8.35. The van der Waals surface area contributed by atoms with Gasteiger partial charge in [-0.05, 0) is 52.4 Å². The quantitative estimate of drug-likeness (QED) is 0.746. The third kappa shape index (κ3) is 4.27. The van der Waals surface area contributed by atoms with Gasteiger partial charge in [0, 0.05) is 24.9 Å². The van der Waals surface area contributed by atoms with Crippen molar-refractivity contribution in [1.82, 2.24) is 4.90 Å². The molecule has 2 N–H and O–H groups in total. The molecule has 4 nitrogen and oxygen atoms in total. The number of carbonyl (C=O) groups excluding carboxylic acids is 1. The Balaban J connectivity index is 1.45. The standard InChI is InChI=1S/C19H35N3O/c1-16-7-6-8-17(2)22(16)19(23)15-20-13-9-18(10-14-20)21-11-4-3-5-12-21/h16-18H,3-15H2,1-2H3/p+2/t16-,17-/m1/s1. The zero-order chi connectivity index (χ0) is 16.2. The van der Waals surface area contributed by atoms with Gasteiger partial charge in [-0.1, -0.05) is 0 Å². The largest absolute Gasteiger partial charge is 0.332 e. The maximum Gasteiger partial charge on any atom is 0.278 e. The Kier molecular flexibility index (Phi) is 5.97. The summed E-state index contributed by atoms with van der Waals surface area (Å²) >= 11 is 0. The third-order valence-corrected chi connectivity index (χ3v) is 6.65. The number of rotatable bonds is 3. The molecule has 3 saturated heterocycles. The first-order valence-corrected chi connectivity index (χ1v) is 10.1. The van der Waals surface area contributed by atoms with E-state index in [-0.39, 0.29) is 0 Å². The van der Waals surface area contributed by atoms with E-state index in [2.05, 4.69) is 18.7 Å². The molecule has 0 aliphatic carbocycles. The van der Waals surface area contributed by atoms with Crippen molar-refractivity contribution in [2.75, 3.05) is 32.7 Å². The van der Waals surface area contributed by atoms with E-state index in [1.54, 1.807) is 0 Å². The molecule has 132 valence electrons. The summed E-state index contributed by atoms with van der Waals surface area (Å²) in [6.45, 7) is 10.4. The number of nitrogens with one attached hydrogen (secondary N) is 2. The molecule has 0 aromatic carbocycles. The predicted molar refractivity (Wildman–Crippen MR) is 92.8 cm³/mol. The summed E-state index contributed by atoms with van der Waals surface area (Å²) in [6.07, 6.45) is 10.6. The highest BCUT2D eigenvalue weighted by molar-refractivity contribution is 5.77. The van der Waals surface area contributed by atoms with Crippen LogP contribution in [0, 0.1) is 0 Å². The maximum atomic E-state index is 12.8. The van der Waals surface area contributed by atoms with Gasteiger partial charge in [-0.2, -0.15) is 0 Å². The van der Waals surface area contributed by atoms with Crippen molar-refractivity contribution < 1.29 is 14.6 Å². The lowest BCUT2D eigenvalue weighted by molar-refractivity contribution is -0.958. The number of likely N-dealkylation sites (tertiary alicyclic amines) is 3. The number of carbonyl (C=O) groups is 1. The summed E-state index contributed by atoms with van der Waals surface area (Å²) in [5.74, 6) is 0.406. The van der Waals surface area contributed by atoms with Gasteiger partial charge >= 0.3 is 0 Å². The van der Waals surface area contributed by atoms with E-state index < -0.39 is 0 Å². The number of hydrogen-bond donors (Lipinski definition) is 2. The third-order valence-electron chi connectivity index (χ3n) is 6.65. The van der Waals surface area contributed by atoms with Gasteiger partial charge in [0.15, 0.2) is 6.54 Å². The first-order valence-electron chi connectivity index (χ1n) is 10.1. The van der Waals surface area contributed by atoms with E-state index in [1.807, 2.05) is 4.90 Å². The SMILES string of the molecule is C[C@@H]1CCC[C@@H](C)N1C(=O)C[NH+]1CCC([NH+]2CCCCC2)CC1. The van der Waals surface area contributed by atoms with Gasteiger partial charge in [0.25, 0.3) is 5.91 Å². The van der Waals surface area contributed by atoms with Crippen molar-refractivity contribution in [2.24, 2.45) is 0 Å². The topological polar surface area (TPSA) is 29.2 Å². The molecule has 0 radical (unpaired) electrons. The van der Waals surface area contributed by atoms with Crippen LogP contribution in [0.25, 0.3) is 0 Å². The molecule has 4 heteroatoms. The van der Waals surface area contributed by atoms with Crippen LogP contribution in [0.5, 0.6) is 0 Å². The average Bonchev–Trinajstić information content (AvgIpc) is 2.56. The summed E-state index contributed by atoms with van der Waals surface area (Å²) in [7, 11) is 0. The van der Waals surface area contributed by atoms with Crippen molar-refractivity contribution >= 4 is 5.91 Å². The second-order valence-electron chi connectivity index (χ2n) is 8.35. The molecular weight excluding hydrogens is 286 g/mol. The zero-order valence-corrected chi connectivity index (χ0v) is 15.3. The number of nitrogens with zero attached hydrogens (tertiary/aromatic N) is 1. The molecule has 1 amide bonds. The van der Waals surface area contributed by atoms with E-state index >= 15 is 0 Å². The van der Waals surface area contributed by atoms with Crippen LogP contribution in [0.2, 0.25) is 0 Å². The molecule has 3 fully saturated rings. The number of quaternary nitrogens is 2. The molecule has 2 atom stereocenters. The van der Waals surface area contributed by atoms with Crippen molar-refractivity contribution in [2.45, 2.75) is 83.3 Å². The summed E-state index contributed by atoms with van der Waals surface area (Å²) in [5.41, 5.74) is 0. The van der Waals surface area contributed by atoms with Gasteiger partial charge in [0.05, 0.1) is 32.2 Å². The Morgan fingerprint density at radius 1 is 0.870 bits per heavy atom. The van der Waals surface area contributed by atoms with Crippen LogP contribution in [0.4, 0.5) is 0 Å². The smallest absolute Gasteiger partial charge is 0.278 e. The minimum Gasteiger partial charge on any atom is -0.332 e. The lowest BCUT2D eigenvalue weighted by atomic mass is 9.97. The molecule has 0 saturated carbocycles. The van der Waals surface area contributed by atoms with Crippen LogP contribution >= 0.6 is 0 Å². The van der Waals surface area contributed by atoms with Crippen molar-refractivity contribution in [3.05, 3.63) is 0 Å². The lowest BCUT2D eigenvalue weighted by Crippen LogP contribution is -3.21. The van der Waals surface area contributed by atoms with Crippen LogP contribution in [0.1, 0.15) is 65.2 Å². The Labute approximate surface area is 142 Å². The molecule has 0 bridgehead atoms. The van der Waals surface area contributed by atoms with Crippen LogP contribution in [0.15, 0.2) is 0 Å². The minimum atomic E-state index is 0.406. The van der Waals surface area contributed by atoms with Crippen molar-refractivity contribution in [3.8, 4) is 0 Å². The Morgan fingerprint density at radius 2 is 1.48 bits per heavy atom. The second kappa shape index (κ2) is 7.98. The van der Waals surface area contributed by atoms with E-state index in [4.69, 9.17) is 0 Å². The summed E-state index contributed by atoms with van der Waals surface area (Å²) in [4.78, 5) is 18.4. The van der Waals surface area contributed by atoms with Gasteiger partial charge in [-0.25, -0.2) is 0 Å². The molecule has 0 spiro atoms. The van der Waals surface area contributed by atoms with E-state index in [0.29, 0.717) is 18.0 Å². The van der Waals surface area contributed by atoms with Gasteiger partial charge in [0.1, 0.15) is 0 Å². The predicted octanol–water partition coefficient (Wildman–Crippen LogP) is -0.108. The molecular formula is C19H37N3O+2.